The molecule has 0 bridgehead atoms. The van der Waals surface area contributed by atoms with Crippen LogP contribution in [0.2, 0.25) is 0 Å². The zero-order valence-corrected chi connectivity index (χ0v) is 21.9. The summed E-state index contributed by atoms with van der Waals surface area (Å²) in [5.41, 5.74) is 5.28. The number of anilines is 1. The maximum absolute atomic E-state index is 13.8. The highest BCUT2D eigenvalue weighted by molar-refractivity contribution is 9.10. The van der Waals surface area contributed by atoms with Gasteiger partial charge in [-0.2, -0.15) is 5.10 Å². The van der Waals surface area contributed by atoms with Crippen molar-refractivity contribution in [2.75, 3.05) is 4.31 Å². The molecule has 182 valence electrons. The van der Waals surface area contributed by atoms with Crippen molar-refractivity contribution in [3.63, 3.8) is 0 Å². The summed E-state index contributed by atoms with van der Waals surface area (Å²) < 4.78 is 29.7. The Bertz CT molecular complexity index is 1490. The van der Waals surface area contributed by atoms with Gasteiger partial charge in [-0.1, -0.05) is 88.7 Å². The molecule has 0 spiro atoms. The second-order valence-electron chi connectivity index (χ2n) is 7.98. The molecule has 0 aromatic heterocycles. The highest BCUT2D eigenvalue weighted by Gasteiger charge is 2.28. The maximum Gasteiger partial charge on any atom is 0.273 e. The second kappa shape index (κ2) is 11.3. The quantitative estimate of drug-likeness (QED) is 0.211. The van der Waals surface area contributed by atoms with Gasteiger partial charge in [0.25, 0.3) is 15.9 Å². The molecule has 0 aliphatic rings. The Hall–Kier alpha value is -3.75. The Kier molecular flexibility index (Phi) is 7.97. The fourth-order valence-corrected chi connectivity index (χ4v) is 5.52. The van der Waals surface area contributed by atoms with Crippen molar-refractivity contribution in [1.82, 2.24) is 5.43 Å². The van der Waals surface area contributed by atoms with Gasteiger partial charge in [-0.05, 0) is 54.4 Å². The molecule has 0 heterocycles. The first kappa shape index (κ1) is 25.3. The first-order valence-electron chi connectivity index (χ1n) is 11.2. The number of hydrogen-bond acceptors (Lipinski definition) is 4. The Morgan fingerprint density at radius 1 is 0.861 bits per heavy atom. The number of carbonyl (C=O) groups excluding carboxylic acids is 1. The number of hydrogen-bond donors (Lipinski definition) is 1. The van der Waals surface area contributed by atoms with E-state index in [1.807, 2.05) is 54.6 Å². The molecular formula is C28H24BrN3O3S. The van der Waals surface area contributed by atoms with E-state index in [0.717, 1.165) is 15.6 Å². The van der Waals surface area contributed by atoms with Gasteiger partial charge in [0.15, 0.2) is 0 Å². The summed E-state index contributed by atoms with van der Waals surface area (Å²) in [4.78, 5) is 13.4. The second-order valence-corrected chi connectivity index (χ2v) is 10.8. The van der Waals surface area contributed by atoms with Crippen LogP contribution < -0.4 is 9.73 Å². The van der Waals surface area contributed by atoms with Crippen LogP contribution in [0.5, 0.6) is 0 Å². The molecule has 0 saturated carbocycles. The fraction of sp³-hybridized carbons (Fsp3) is 0.0714. The van der Waals surface area contributed by atoms with E-state index in [1.54, 1.807) is 61.5 Å². The zero-order valence-electron chi connectivity index (χ0n) is 19.5. The first-order chi connectivity index (χ1) is 17.4. The standard InChI is InChI=1S/C28H24BrN3O3S/c1-21(23-13-10-14-24(29)19-23)30-31-28(33)26-17-8-9-18-27(26)32(20-22-11-4-2-5-12-22)36(34,35)25-15-6-3-7-16-25/h2-19H,20H2,1H3,(H,31,33)/b30-21+. The van der Waals surface area contributed by atoms with Crippen molar-refractivity contribution in [1.29, 1.82) is 0 Å². The van der Waals surface area contributed by atoms with E-state index in [-0.39, 0.29) is 22.7 Å². The topological polar surface area (TPSA) is 78.8 Å². The zero-order chi connectivity index (χ0) is 25.5. The van der Waals surface area contributed by atoms with Gasteiger partial charge >= 0.3 is 0 Å². The van der Waals surface area contributed by atoms with E-state index < -0.39 is 15.9 Å². The highest BCUT2D eigenvalue weighted by Crippen LogP contribution is 2.29. The lowest BCUT2D eigenvalue weighted by Gasteiger charge is -2.26. The lowest BCUT2D eigenvalue weighted by molar-refractivity contribution is 0.0955. The number of para-hydroxylation sites is 1. The third-order valence-electron chi connectivity index (χ3n) is 5.49. The lowest BCUT2D eigenvalue weighted by atomic mass is 10.1. The molecule has 0 unspecified atom stereocenters. The fourth-order valence-electron chi connectivity index (χ4n) is 3.62. The summed E-state index contributed by atoms with van der Waals surface area (Å²) in [5.74, 6) is -0.513. The number of rotatable bonds is 8. The smallest absolute Gasteiger partial charge is 0.267 e. The van der Waals surface area contributed by atoms with Crippen LogP contribution in [0.1, 0.15) is 28.4 Å². The Labute approximate surface area is 219 Å². The molecule has 0 fully saturated rings. The first-order valence-corrected chi connectivity index (χ1v) is 13.4. The normalized spacial score (nSPS) is 11.7. The van der Waals surface area contributed by atoms with Gasteiger partial charge in [0, 0.05) is 4.47 Å². The predicted octanol–water partition coefficient (Wildman–Crippen LogP) is 6.00. The summed E-state index contributed by atoms with van der Waals surface area (Å²) in [5, 5.41) is 4.24. The van der Waals surface area contributed by atoms with Gasteiger partial charge in [-0.3, -0.25) is 9.10 Å². The molecule has 0 atom stereocenters. The number of benzene rings is 4. The van der Waals surface area contributed by atoms with E-state index in [4.69, 9.17) is 0 Å². The number of amides is 1. The number of nitrogens with one attached hydrogen (secondary N) is 1. The molecular weight excluding hydrogens is 538 g/mol. The highest BCUT2D eigenvalue weighted by atomic mass is 79.9. The molecule has 4 aromatic carbocycles. The number of halogens is 1. The molecule has 0 radical (unpaired) electrons. The third kappa shape index (κ3) is 5.90. The van der Waals surface area contributed by atoms with Crippen molar-refractivity contribution in [3.05, 3.63) is 130 Å². The monoisotopic (exact) mass is 561 g/mol. The Balaban J connectivity index is 1.72. The van der Waals surface area contributed by atoms with Crippen molar-refractivity contribution in [3.8, 4) is 0 Å². The molecule has 4 rings (SSSR count). The SMILES string of the molecule is C/C(=N\NC(=O)c1ccccc1N(Cc1ccccc1)S(=O)(=O)c1ccccc1)c1cccc(Br)c1. The molecule has 6 nitrogen and oxygen atoms in total. The van der Waals surface area contributed by atoms with Crippen molar-refractivity contribution in [2.45, 2.75) is 18.4 Å². The number of sulfonamides is 1. The molecule has 8 heteroatoms. The van der Waals surface area contributed by atoms with Gasteiger partial charge in [-0.25, -0.2) is 13.8 Å². The average Bonchev–Trinajstić information content (AvgIpc) is 2.91. The third-order valence-corrected chi connectivity index (χ3v) is 7.75. The van der Waals surface area contributed by atoms with Crippen molar-refractivity contribution in [2.24, 2.45) is 5.10 Å². The van der Waals surface area contributed by atoms with Crippen LogP contribution in [0.25, 0.3) is 0 Å². The van der Waals surface area contributed by atoms with Gasteiger partial charge in [0.1, 0.15) is 0 Å². The van der Waals surface area contributed by atoms with E-state index in [9.17, 15) is 13.2 Å². The van der Waals surface area contributed by atoms with Crippen LogP contribution >= 0.6 is 15.9 Å². The van der Waals surface area contributed by atoms with Crippen molar-refractivity contribution < 1.29 is 13.2 Å². The average molecular weight is 562 g/mol. The van der Waals surface area contributed by atoms with Crippen LogP contribution in [-0.4, -0.2) is 20.0 Å². The van der Waals surface area contributed by atoms with E-state index in [2.05, 4.69) is 26.5 Å². The molecule has 36 heavy (non-hydrogen) atoms. The van der Waals surface area contributed by atoms with Crippen molar-refractivity contribution >= 4 is 43.3 Å². The minimum absolute atomic E-state index is 0.0582. The maximum atomic E-state index is 13.8. The summed E-state index contributed by atoms with van der Waals surface area (Å²) in [6, 6.07) is 31.6. The van der Waals surface area contributed by atoms with Gasteiger partial charge in [0.05, 0.1) is 28.4 Å². The van der Waals surface area contributed by atoms with E-state index >= 15 is 0 Å². The van der Waals surface area contributed by atoms with Crippen LogP contribution in [-0.2, 0) is 16.6 Å². The summed E-state index contributed by atoms with van der Waals surface area (Å²) >= 11 is 3.43. The van der Waals surface area contributed by atoms with Crippen LogP contribution in [0.15, 0.2) is 124 Å². The van der Waals surface area contributed by atoms with E-state index in [0.29, 0.717) is 5.71 Å². The van der Waals surface area contributed by atoms with Gasteiger partial charge in [-0.15, -0.1) is 0 Å². The predicted molar refractivity (Wildman–Crippen MR) is 147 cm³/mol. The summed E-state index contributed by atoms with van der Waals surface area (Å²) in [6.45, 7) is 1.85. The van der Waals surface area contributed by atoms with Crippen LogP contribution in [0.4, 0.5) is 5.69 Å². The number of carbonyl (C=O) groups is 1. The Morgan fingerprint density at radius 2 is 1.50 bits per heavy atom. The molecule has 0 aliphatic heterocycles. The largest absolute Gasteiger partial charge is 0.273 e. The molecule has 4 aromatic rings. The summed E-state index contributed by atoms with van der Waals surface area (Å²) in [6.07, 6.45) is 0. The molecule has 1 N–H and O–H groups in total. The lowest BCUT2D eigenvalue weighted by Crippen LogP contribution is -2.33. The molecule has 0 aliphatic carbocycles. The van der Waals surface area contributed by atoms with Gasteiger partial charge in [0.2, 0.25) is 0 Å². The van der Waals surface area contributed by atoms with E-state index in [1.165, 1.54) is 4.31 Å². The molecule has 1 amide bonds. The van der Waals surface area contributed by atoms with Gasteiger partial charge < -0.3 is 0 Å². The van der Waals surface area contributed by atoms with Crippen LogP contribution in [0, 0.1) is 0 Å². The molecule has 0 saturated heterocycles. The van der Waals surface area contributed by atoms with Crippen LogP contribution in [0.3, 0.4) is 0 Å². The summed E-state index contributed by atoms with van der Waals surface area (Å²) in [7, 11) is -3.98. The number of nitrogens with zero attached hydrogens (tertiary/aromatic N) is 2. The minimum atomic E-state index is -3.98. The number of hydrazone groups is 1. The minimum Gasteiger partial charge on any atom is -0.267 e. The Morgan fingerprint density at radius 3 is 2.19 bits per heavy atom.